The van der Waals surface area contributed by atoms with Gasteiger partial charge >= 0.3 is 18.4 Å². The summed E-state index contributed by atoms with van der Waals surface area (Å²) in [6, 6.07) is 7.99. The van der Waals surface area contributed by atoms with Crippen LogP contribution in [0.4, 0.5) is 48.5 Å². The van der Waals surface area contributed by atoms with Crippen LogP contribution in [0.2, 0.25) is 0 Å². The van der Waals surface area contributed by atoms with E-state index in [1.54, 1.807) is 57.6 Å². The number of halogens is 6. The fraction of sp³-hybridized carbons (Fsp3) is 0.185. The molecule has 41 heavy (non-hydrogen) atoms. The summed E-state index contributed by atoms with van der Waals surface area (Å²) in [7, 11) is 1.68. The third-order valence-corrected chi connectivity index (χ3v) is 5.96. The molecule has 8 nitrogen and oxygen atoms in total. The highest BCUT2D eigenvalue weighted by molar-refractivity contribution is 6.00. The van der Waals surface area contributed by atoms with Crippen molar-refractivity contribution in [3.63, 3.8) is 0 Å². The second-order valence-corrected chi connectivity index (χ2v) is 8.71. The Labute approximate surface area is 229 Å². The molecule has 0 unspecified atom stereocenters. The predicted molar refractivity (Wildman–Crippen MR) is 140 cm³/mol. The number of rotatable bonds is 6. The fourth-order valence-electron chi connectivity index (χ4n) is 3.75. The maximum atomic E-state index is 13.1. The Kier molecular flexibility index (Phi) is 8.03. The van der Waals surface area contributed by atoms with Gasteiger partial charge in [-0.2, -0.15) is 26.3 Å². The minimum atomic E-state index is -5.05. The van der Waals surface area contributed by atoms with E-state index in [1.807, 2.05) is 5.32 Å². The van der Waals surface area contributed by atoms with Crippen LogP contribution in [-0.4, -0.2) is 28.0 Å². The molecule has 0 bridgehead atoms. The molecule has 214 valence electrons. The number of carbonyl (C=O) groups excluding carboxylic acids is 1. The van der Waals surface area contributed by atoms with Crippen LogP contribution in [0.3, 0.4) is 0 Å². The number of amides is 2. The van der Waals surface area contributed by atoms with Gasteiger partial charge in [-0.05, 0) is 73.5 Å². The van der Waals surface area contributed by atoms with E-state index in [0.717, 1.165) is 0 Å². The molecule has 2 aromatic carbocycles. The molecule has 3 N–H and O–H groups in total. The smallest absolute Gasteiger partial charge is 0.416 e. The molecule has 0 spiro atoms. The first-order valence-electron chi connectivity index (χ1n) is 11.9. The van der Waals surface area contributed by atoms with Gasteiger partial charge in [0.2, 0.25) is 11.8 Å². The summed E-state index contributed by atoms with van der Waals surface area (Å²) in [5.41, 5.74) is -1.24. The normalized spacial score (nSPS) is 11.6. The number of urea groups is 1. The van der Waals surface area contributed by atoms with Crippen LogP contribution in [-0.2, 0) is 12.4 Å². The molecule has 0 aliphatic rings. The highest BCUT2D eigenvalue weighted by atomic mass is 19.4. The topological polar surface area (TPSA) is 101 Å². The highest BCUT2D eigenvalue weighted by Crippen LogP contribution is 2.38. The van der Waals surface area contributed by atoms with Gasteiger partial charge in [0.25, 0.3) is 0 Å². The SMILES string of the molecule is CNc1nccc(-c2cccnc2Oc2ccc(NC(=O)Nc3cc(C(F)(F)F)cc(C(F)(F)F)c3)c(C)c2C)n1. The molecular weight excluding hydrogens is 554 g/mol. The summed E-state index contributed by atoms with van der Waals surface area (Å²) in [4.78, 5) is 25.3. The number of benzene rings is 2. The summed E-state index contributed by atoms with van der Waals surface area (Å²) in [5, 5.41) is 7.35. The molecular formula is C27H22F6N6O2. The number of ether oxygens (including phenoxy) is 1. The Morgan fingerprint density at radius 1 is 0.829 bits per heavy atom. The zero-order chi connectivity index (χ0) is 29.9. The van der Waals surface area contributed by atoms with Crippen molar-refractivity contribution in [2.75, 3.05) is 23.0 Å². The second-order valence-electron chi connectivity index (χ2n) is 8.71. The summed E-state index contributed by atoms with van der Waals surface area (Å²) in [5.74, 6) is 1.04. The van der Waals surface area contributed by atoms with E-state index >= 15 is 0 Å². The Balaban J connectivity index is 1.55. The van der Waals surface area contributed by atoms with Gasteiger partial charge in [0.1, 0.15) is 5.75 Å². The van der Waals surface area contributed by atoms with Crippen LogP contribution in [0.15, 0.2) is 60.9 Å². The fourth-order valence-corrected chi connectivity index (χ4v) is 3.75. The van der Waals surface area contributed by atoms with E-state index in [0.29, 0.717) is 46.2 Å². The lowest BCUT2D eigenvalue weighted by molar-refractivity contribution is -0.143. The average molecular weight is 577 g/mol. The standard InChI is InChI=1S/C27H22F6N6O2/c1-14-15(2)22(41-23-19(5-4-9-35-23)21-8-10-36-24(34-3)38-21)7-6-20(14)39-25(40)37-18-12-16(26(28,29)30)11-17(13-18)27(31,32)33/h4-13H,1-3H3,(H,34,36,38)(H2,37,39,40). The molecule has 4 rings (SSSR count). The highest BCUT2D eigenvalue weighted by Gasteiger charge is 2.37. The summed E-state index contributed by atoms with van der Waals surface area (Å²) in [6.07, 6.45) is -6.98. The van der Waals surface area contributed by atoms with Crippen LogP contribution in [0.5, 0.6) is 11.6 Å². The van der Waals surface area contributed by atoms with Crippen LogP contribution in [0.25, 0.3) is 11.3 Å². The zero-order valence-electron chi connectivity index (χ0n) is 21.7. The number of alkyl halides is 6. The third kappa shape index (κ3) is 6.83. The van der Waals surface area contributed by atoms with E-state index in [9.17, 15) is 31.1 Å². The number of pyridine rings is 1. The molecule has 0 fully saturated rings. The van der Waals surface area contributed by atoms with Crippen molar-refractivity contribution in [2.24, 2.45) is 0 Å². The Morgan fingerprint density at radius 2 is 1.51 bits per heavy atom. The molecule has 2 aromatic heterocycles. The van der Waals surface area contributed by atoms with Gasteiger partial charge in [0, 0.05) is 30.8 Å². The number of carbonyl (C=O) groups is 1. The molecule has 0 saturated carbocycles. The van der Waals surface area contributed by atoms with Gasteiger partial charge in [0.15, 0.2) is 0 Å². The largest absolute Gasteiger partial charge is 0.438 e. The molecule has 2 heterocycles. The predicted octanol–water partition coefficient (Wildman–Crippen LogP) is 7.67. The van der Waals surface area contributed by atoms with Gasteiger partial charge in [-0.1, -0.05) is 0 Å². The Morgan fingerprint density at radius 3 is 2.15 bits per heavy atom. The van der Waals surface area contributed by atoms with Crippen molar-refractivity contribution in [2.45, 2.75) is 26.2 Å². The van der Waals surface area contributed by atoms with Crippen molar-refractivity contribution in [3.8, 4) is 22.9 Å². The van der Waals surface area contributed by atoms with E-state index in [-0.39, 0.29) is 17.6 Å². The monoisotopic (exact) mass is 576 g/mol. The van der Waals surface area contributed by atoms with Crippen molar-refractivity contribution in [3.05, 3.63) is 83.2 Å². The minimum absolute atomic E-state index is 0.0212. The number of aromatic nitrogens is 3. The van der Waals surface area contributed by atoms with Crippen LogP contribution >= 0.6 is 0 Å². The van der Waals surface area contributed by atoms with Gasteiger partial charge in [-0.15, -0.1) is 0 Å². The van der Waals surface area contributed by atoms with Gasteiger partial charge in [0.05, 0.1) is 22.4 Å². The van der Waals surface area contributed by atoms with E-state index in [1.165, 1.54) is 6.07 Å². The molecule has 0 atom stereocenters. The molecule has 0 aliphatic carbocycles. The van der Waals surface area contributed by atoms with Crippen LogP contribution in [0.1, 0.15) is 22.3 Å². The minimum Gasteiger partial charge on any atom is -0.438 e. The lowest BCUT2D eigenvalue weighted by Gasteiger charge is -2.17. The first-order valence-corrected chi connectivity index (χ1v) is 11.9. The first kappa shape index (κ1) is 29.1. The number of anilines is 3. The number of hydrogen-bond donors (Lipinski definition) is 3. The summed E-state index contributed by atoms with van der Waals surface area (Å²) < 4.78 is 84.9. The Hall–Kier alpha value is -4.88. The maximum Gasteiger partial charge on any atom is 0.416 e. The molecule has 14 heteroatoms. The van der Waals surface area contributed by atoms with E-state index in [2.05, 4.69) is 25.6 Å². The molecule has 0 saturated heterocycles. The summed E-state index contributed by atoms with van der Waals surface area (Å²) >= 11 is 0. The first-order chi connectivity index (χ1) is 19.3. The zero-order valence-corrected chi connectivity index (χ0v) is 21.7. The van der Waals surface area contributed by atoms with E-state index in [4.69, 9.17) is 4.74 Å². The van der Waals surface area contributed by atoms with Crippen molar-refractivity contribution >= 4 is 23.4 Å². The van der Waals surface area contributed by atoms with Crippen LogP contribution < -0.4 is 20.7 Å². The molecule has 2 amide bonds. The number of hydrogen-bond acceptors (Lipinski definition) is 6. The number of nitrogens with zero attached hydrogens (tertiary/aromatic N) is 3. The van der Waals surface area contributed by atoms with Gasteiger partial charge in [-0.25, -0.2) is 19.7 Å². The Bertz CT molecular complexity index is 1560. The second kappa shape index (κ2) is 11.3. The van der Waals surface area contributed by atoms with Gasteiger partial charge in [-0.3, -0.25) is 0 Å². The summed E-state index contributed by atoms with van der Waals surface area (Å²) in [6.45, 7) is 3.37. The molecule has 4 aromatic rings. The lowest BCUT2D eigenvalue weighted by Crippen LogP contribution is -2.21. The van der Waals surface area contributed by atoms with Crippen molar-refractivity contribution in [1.82, 2.24) is 15.0 Å². The van der Waals surface area contributed by atoms with Crippen molar-refractivity contribution < 1.29 is 35.9 Å². The maximum absolute atomic E-state index is 13.1. The number of nitrogens with one attached hydrogen (secondary N) is 3. The van der Waals surface area contributed by atoms with Crippen molar-refractivity contribution in [1.29, 1.82) is 0 Å². The quantitative estimate of drug-likeness (QED) is 0.204. The third-order valence-electron chi connectivity index (χ3n) is 5.96. The van der Waals surface area contributed by atoms with E-state index < -0.39 is 35.2 Å². The molecule has 0 radical (unpaired) electrons. The average Bonchev–Trinajstić information content (AvgIpc) is 2.92. The van der Waals surface area contributed by atoms with Gasteiger partial charge < -0.3 is 20.7 Å². The molecule has 0 aliphatic heterocycles. The lowest BCUT2D eigenvalue weighted by atomic mass is 10.1. The van der Waals surface area contributed by atoms with Crippen LogP contribution in [0, 0.1) is 13.8 Å².